The maximum Gasteiger partial charge on any atom is 0.235 e. The minimum atomic E-state index is -0.242. The molecule has 0 fully saturated rings. The number of thiophene rings is 1. The van der Waals surface area contributed by atoms with Crippen molar-refractivity contribution in [1.82, 2.24) is 5.32 Å². The van der Waals surface area contributed by atoms with Crippen LogP contribution in [0.5, 0.6) is 5.75 Å². The molecule has 0 radical (unpaired) electrons. The zero-order chi connectivity index (χ0) is 20.5. The number of thioether (sulfide) groups is 1. The number of methoxy groups -OCH3 is 1. The number of benzene rings is 1. The van der Waals surface area contributed by atoms with Gasteiger partial charge in [-0.3, -0.25) is 4.79 Å². The van der Waals surface area contributed by atoms with Crippen LogP contribution in [0.25, 0.3) is 0 Å². The first-order valence-electron chi connectivity index (χ1n) is 9.07. The Kier molecular flexibility index (Phi) is 5.76. The fourth-order valence-corrected chi connectivity index (χ4v) is 5.66. The van der Waals surface area contributed by atoms with Crippen LogP contribution in [0.1, 0.15) is 43.7 Å². The van der Waals surface area contributed by atoms with Crippen molar-refractivity contribution in [2.75, 3.05) is 18.2 Å². The predicted molar refractivity (Wildman–Crippen MR) is 115 cm³/mol. The number of hydrogen-bond acceptors (Lipinski definition) is 6. The maximum absolute atomic E-state index is 12.5. The molecule has 7 heteroatoms. The van der Waals surface area contributed by atoms with Crippen molar-refractivity contribution in [3.05, 3.63) is 40.3 Å². The highest BCUT2D eigenvalue weighted by Crippen LogP contribution is 2.44. The van der Waals surface area contributed by atoms with Crippen molar-refractivity contribution < 1.29 is 9.53 Å². The number of nitrogens with one attached hydrogen (secondary N) is 2. The van der Waals surface area contributed by atoms with Gasteiger partial charge in [0.2, 0.25) is 5.91 Å². The molecule has 0 saturated heterocycles. The molecule has 1 amide bonds. The molecule has 0 saturated carbocycles. The van der Waals surface area contributed by atoms with E-state index in [0.29, 0.717) is 10.6 Å². The number of nitrogens with zero attached hydrogens (tertiary/aromatic N) is 1. The SMILES string of the molecule is COc1ccc(SCC(=O)Nc2sc3c(c2C#N)CC(C)(C)NC3(C)C)cc1. The van der Waals surface area contributed by atoms with E-state index in [1.54, 1.807) is 7.11 Å². The largest absolute Gasteiger partial charge is 0.497 e. The van der Waals surface area contributed by atoms with Crippen LogP contribution in [0.15, 0.2) is 29.2 Å². The zero-order valence-corrected chi connectivity index (χ0v) is 18.4. The third-order valence-electron chi connectivity index (χ3n) is 4.64. The van der Waals surface area contributed by atoms with E-state index < -0.39 is 0 Å². The first kappa shape index (κ1) is 20.7. The molecule has 28 heavy (non-hydrogen) atoms. The Balaban J connectivity index is 1.74. The molecule has 0 spiro atoms. The van der Waals surface area contributed by atoms with Crippen LogP contribution in [0.3, 0.4) is 0 Å². The van der Waals surface area contributed by atoms with E-state index in [1.807, 2.05) is 24.3 Å². The van der Waals surface area contributed by atoms with E-state index in [-0.39, 0.29) is 22.7 Å². The lowest BCUT2D eigenvalue weighted by atomic mass is 9.81. The maximum atomic E-state index is 12.5. The molecule has 3 rings (SSSR count). The van der Waals surface area contributed by atoms with E-state index in [9.17, 15) is 10.1 Å². The number of hydrogen-bond donors (Lipinski definition) is 2. The summed E-state index contributed by atoms with van der Waals surface area (Å²) >= 11 is 2.96. The molecule has 1 aromatic carbocycles. The van der Waals surface area contributed by atoms with E-state index in [1.165, 1.54) is 23.1 Å². The molecule has 2 aromatic rings. The van der Waals surface area contributed by atoms with Crippen molar-refractivity contribution in [3.63, 3.8) is 0 Å². The minimum Gasteiger partial charge on any atom is -0.497 e. The van der Waals surface area contributed by atoms with Gasteiger partial charge in [-0.25, -0.2) is 0 Å². The standard InChI is InChI=1S/C21H25N3O2S2/c1-20(2)10-15-16(11-22)19(28-18(15)21(3,4)24-20)23-17(25)12-27-14-8-6-13(26-5)7-9-14/h6-9,24H,10,12H2,1-5H3,(H,23,25). The summed E-state index contributed by atoms with van der Waals surface area (Å²) < 4.78 is 5.15. The van der Waals surface area contributed by atoms with Crippen LogP contribution in [-0.4, -0.2) is 24.3 Å². The fraction of sp³-hybridized carbons (Fsp3) is 0.429. The van der Waals surface area contributed by atoms with Gasteiger partial charge in [0.1, 0.15) is 16.8 Å². The van der Waals surface area contributed by atoms with Crippen molar-refractivity contribution in [2.45, 2.75) is 50.1 Å². The summed E-state index contributed by atoms with van der Waals surface area (Å²) in [6.07, 6.45) is 0.766. The summed E-state index contributed by atoms with van der Waals surface area (Å²) in [6.45, 7) is 8.52. The Hall–Kier alpha value is -2.01. The van der Waals surface area contributed by atoms with Crippen LogP contribution in [0.4, 0.5) is 5.00 Å². The van der Waals surface area contributed by atoms with Gasteiger partial charge in [-0.1, -0.05) is 0 Å². The van der Waals surface area contributed by atoms with Gasteiger partial charge in [0.25, 0.3) is 0 Å². The summed E-state index contributed by atoms with van der Waals surface area (Å²) in [5.41, 5.74) is 1.31. The van der Waals surface area contributed by atoms with Crippen LogP contribution in [0.2, 0.25) is 0 Å². The molecule has 0 aliphatic carbocycles. The number of rotatable bonds is 5. The number of carbonyl (C=O) groups is 1. The van der Waals surface area contributed by atoms with Crippen molar-refractivity contribution in [1.29, 1.82) is 5.26 Å². The van der Waals surface area contributed by atoms with Crippen molar-refractivity contribution in [2.24, 2.45) is 0 Å². The summed E-state index contributed by atoms with van der Waals surface area (Å²) in [7, 11) is 1.63. The second kappa shape index (κ2) is 7.78. The molecule has 1 aliphatic heterocycles. The smallest absolute Gasteiger partial charge is 0.235 e. The van der Waals surface area contributed by atoms with Crippen LogP contribution in [-0.2, 0) is 16.8 Å². The molecule has 0 atom stereocenters. The van der Waals surface area contributed by atoms with Gasteiger partial charge in [0.05, 0.1) is 18.4 Å². The van der Waals surface area contributed by atoms with E-state index >= 15 is 0 Å². The molecular formula is C21H25N3O2S2. The molecule has 1 aliphatic rings. The Morgan fingerprint density at radius 3 is 2.61 bits per heavy atom. The number of ether oxygens (including phenoxy) is 1. The van der Waals surface area contributed by atoms with Gasteiger partial charge in [0.15, 0.2) is 0 Å². The quantitative estimate of drug-likeness (QED) is 0.703. The lowest BCUT2D eigenvalue weighted by molar-refractivity contribution is -0.113. The summed E-state index contributed by atoms with van der Waals surface area (Å²) in [6, 6.07) is 9.92. The molecule has 5 nitrogen and oxygen atoms in total. The number of amides is 1. The Morgan fingerprint density at radius 2 is 2.00 bits per heavy atom. The topological polar surface area (TPSA) is 74.1 Å². The van der Waals surface area contributed by atoms with Crippen LogP contribution >= 0.6 is 23.1 Å². The lowest BCUT2D eigenvalue weighted by Crippen LogP contribution is -2.54. The van der Waals surface area contributed by atoms with Gasteiger partial charge in [-0.15, -0.1) is 23.1 Å². The van der Waals surface area contributed by atoms with Crippen LogP contribution < -0.4 is 15.4 Å². The minimum absolute atomic E-state index is 0.103. The Labute approximate surface area is 174 Å². The highest BCUT2D eigenvalue weighted by molar-refractivity contribution is 8.00. The van der Waals surface area contributed by atoms with Gasteiger partial charge in [-0.2, -0.15) is 5.26 Å². The first-order chi connectivity index (χ1) is 13.1. The van der Waals surface area contributed by atoms with E-state index in [4.69, 9.17) is 4.74 Å². The summed E-state index contributed by atoms with van der Waals surface area (Å²) in [4.78, 5) is 14.6. The monoisotopic (exact) mass is 415 g/mol. The lowest BCUT2D eigenvalue weighted by Gasteiger charge is -2.42. The average Bonchev–Trinajstić information content (AvgIpc) is 2.96. The van der Waals surface area contributed by atoms with Crippen molar-refractivity contribution >= 4 is 34.0 Å². The molecular weight excluding hydrogens is 390 g/mol. The third kappa shape index (κ3) is 4.35. The van der Waals surface area contributed by atoms with Crippen molar-refractivity contribution in [3.8, 4) is 11.8 Å². The number of carbonyl (C=O) groups excluding carboxylic acids is 1. The number of anilines is 1. The van der Waals surface area contributed by atoms with E-state index in [0.717, 1.165) is 27.5 Å². The third-order valence-corrected chi connectivity index (χ3v) is 7.12. The van der Waals surface area contributed by atoms with Crippen LogP contribution in [0, 0.1) is 11.3 Å². The molecule has 1 aromatic heterocycles. The molecule has 0 unspecified atom stereocenters. The Morgan fingerprint density at radius 1 is 1.32 bits per heavy atom. The summed E-state index contributed by atoms with van der Waals surface area (Å²) in [5, 5.41) is 17.0. The molecule has 148 valence electrons. The normalized spacial score (nSPS) is 16.7. The second-order valence-electron chi connectivity index (χ2n) is 8.05. The fourth-order valence-electron chi connectivity index (χ4n) is 3.72. The predicted octanol–water partition coefficient (Wildman–Crippen LogP) is 4.52. The second-order valence-corrected chi connectivity index (χ2v) is 10.1. The molecule has 2 heterocycles. The summed E-state index contributed by atoms with van der Waals surface area (Å²) in [5.74, 6) is 0.962. The Bertz CT molecular complexity index is 924. The zero-order valence-electron chi connectivity index (χ0n) is 16.8. The molecule has 0 bridgehead atoms. The number of fused-ring (bicyclic) bond motifs is 1. The molecule has 2 N–H and O–H groups in total. The van der Waals surface area contributed by atoms with Gasteiger partial charge < -0.3 is 15.4 Å². The van der Waals surface area contributed by atoms with E-state index in [2.05, 4.69) is 44.4 Å². The average molecular weight is 416 g/mol. The highest BCUT2D eigenvalue weighted by Gasteiger charge is 2.40. The van der Waals surface area contributed by atoms with Gasteiger partial charge >= 0.3 is 0 Å². The number of nitriles is 1. The van der Waals surface area contributed by atoms with Gasteiger partial charge in [0, 0.05) is 20.9 Å². The highest BCUT2D eigenvalue weighted by atomic mass is 32.2. The first-order valence-corrected chi connectivity index (χ1v) is 10.9. The van der Waals surface area contributed by atoms with Gasteiger partial charge in [-0.05, 0) is 63.9 Å².